The van der Waals surface area contributed by atoms with Crippen LogP contribution in [-0.2, 0) is 11.2 Å². The quantitative estimate of drug-likeness (QED) is 0.194. The number of nitrogens with one attached hydrogen (secondary N) is 3. The predicted molar refractivity (Wildman–Crippen MR) is 132 cm³/mol. The molecule has 0 radical (unpaired) electrons. The number of piperidine rings is 1. The predicted octanol–water partition coefficient (Wildman–Crippen LogP) is 2.64. The fraction of sp³-hybridized carbons (Fsp3) is 0.636. The van der Waals surface area contributed by atoms with Crippen LogP contribution < -0.4 is 16.0 Å². The van der Waals surface area contributed by atoms with Gasteiger partial charge in [-0.25, -0.2) is 4.99 Å². The Morgan fingerprint density at radius 3 is 2.52 bits per heavy atom. The zero-order valence-corrected chi connectivity index (χ0v) is 20.3. The van der Waals surface area contributed by atoms with Crippen LogP contribution in [-0.4, -0.2) is 62.6 Å². The van der Waals surface area contributed by atoms with Crippen molar-refractivity contribution in [2.24, 2.45) is 10.9 Å². The van der Waals surface area contributed by atoms with Crippen LogP contribution in [0.1, 0.15) is 38.7 Å². The van der Waals surface area contributed by atoms with Gasteiger partial charge in [-0.05, 0) is 63.7 Å². The average Bonchev–Trinajstić information content (AvgIpc) is 2.71. The van der Waals surface area contributed by atoms with E-state index in [9.17, 15) is 4.79 Å². The Balaban J connectivity index is 0.00000420. The number of carbonyl (C=O) groups is 1. The number of hydrogen-bond donors (Lipinski definition) is 3. The fourth-order valence-corrected chi connectivity index (χ4v) is 3.33. The van der Waals surface area contributed by atoms with E-state index in [1.165, 1.54) is 31.5 Å². The van der Waals surface area contributed by atoms with E-state index >= 15 is 0 Å². The summed E-state index contributed by atoms with van der Waals surface area (Å²) in [5, 5.41) is 9.48. The third-order valence-corrected chi connectivity index (χ3v) is 5.12. The summed E-state index contributed by atoms with van der Waals surface area (Å²) in [6.45, 7) is 10.4. The zero-order chi connectivity index (χ0) is 20.0. The molecule has 0 atom stereocenters. The molecular formula is C22H38IN5O. The van der Waals surface area contributed by atoms with Gasteiger partial charge in [0.15, 0.2) is 5.96 Å². The Hall–Kier alpha value is -1.35. The maximum absolute atomic E-state index is 12.0. The highest BCUT2D eigenvalue weighted by molar-refractivity contribution is 14.0. The van der Waals surface area contributed by atoms with Crippen molar-refractivity contribution in [2.45, 2.75) is 39.5 Å². The van der Waals surface area contributed by atoms with Crippen molar-refractivity contribution >= 4 is 35.8 Å². The summed E-state index contributed by atoms with van der Waals surface area (Å²) in [5.41, 5.74) is 1.23. The summed E-state index contributed by atoms with van der Waals surface area (Å²) in [4.78, 5) is 19.0. The molecular weight excluding hydrogens is 477 g/mol. The lowest BCUT2D eigenvalue weighted by atomic mass is 9.99. The minimum atomic E-state index is -0.0458. The van der Waals surface area contributed by atoms with Crippen LogP contribution in [0.3, 0.4) is 0 Å². The van der Waals surface area contributed by atoms with Crippen molar-refractivity contribution in [3.8, 4) is 0 Å². The first-order valence-electron chi connectivity index (χ1n) is 10.7. The first kappa shape index (κ1) is 25.7. The van der Waals surface area contributed by atoms with Crippen LogP contribution in [0.15, 0.2) is 35.3 Å². The van der Waals surface area contributed by atoms with Crippen molar-refractivity contribution in [2.75, 3.05) is 45.8 Å². The molecule has 7 heteroatoms. The molecule has 1 amide bonds. The summed E-state index contributed by atoms with van der Waals surface area (Å²) >= 11 is 0. The van der Waals surface area contributed by atoms with Gasteiger partial charge in [0, 0.05) is 19.6 Å². The maximum atomic E-state index is 12.0. The van der Waals surface area contributed by atoms with Gasteiger partial charge < -0.3 is 20.9 Å². The van der Waals surface area contributed by atoms with E-state index in [-0.39, 0.29) is 36.4 Å². The van der Waals surface area contributed by atoms with Gasteiger partial charge in [0.25, 0.3) is 0 Å². The molecule has 1 aliphatic rings. The number of aliphatic imine (C=N–C) groups is 1. The van der Waals surface area contributed by atoms with Crippen molar-refractivity contribution in [1.82, 2.24) is 20.9 Å². The summed E-state index contributed by atoms with van der Waals surface area (Å²) in [7, 11) is 0. The molecule has 0 aliphatic carbocycles. The SMILES string of the molecule is CCNC(=NCC(=O)NCCc1ccccc1)NCCCN1CCC(C)CC1.I. The highest BCUT2D eigenvalue weighted by atomic mass is 127. The van der Waals surface area contributed by atoms with E-state index in [0.29, 0.717) is 12.5 Å². The Morgan fingerprint density at radius 1 is 1.10 bits per heavy atom. The minimum absolute atomic E-state index is 0. The molecule has 1 fully saturated rings. The molecule has 164 valence electrons. The molecule has 1 aromatic rings. The van der Waals surface area contributed by atoms with Gasteiger partial charge in [-0.15, -0.1) is 24.0 Å². The van der Waals surface area contributed by atoms with Gasteiger partial charge in [-0.1, -0.05) is 37.3 Å². The molecule has 0 unspecified atom stereocenters. The number of benzene rings is 1. The lowest BCUT2D eigenvalue weighted by Gasteiger charge is -2.30. The first-order chi connectivity index (χ1) is 13.7. The molecule has 3 N–H and O–H groups in total. The number of guanidine groups is 1. The number of rotatable bonds is 10. The lowest BCUT2D eigenvalue weighted by Crippen LogP contribution is -2.40. The Morgan fingerprint density at radius 2 is 1.83 bits per heavy atom. The van der Waals surface area contributed by atoms with Crippen LogP contribution >= 0.6 is 24.0 Å². The van der Waals surface area contributed by atoms with Gasteiger partial charge >= 0.3 is 0 Å². The van der Waals surface area contributed by atoms with Crippen LogP contribution in [0.2, 0.25) is 0 Å². The second-order valence-corrected chi connectivity index (χ2v) is 7.59. The molecule has 6 nitrogen and oxygen atoms in total. The average molecular weight is 515 g/mol. The number of amides is 1. The monoisotopic (exact) mass is 515 g/mol. The van der Waals surface area contributed by atoms with E-state index in [4.69, 9.17) is 0 Å². The largest absolute Gasteiger partial charge is 0.357 e. The third-order valence-electron chi connectivity index (χ3n) is 5.12. The van der Waals surface area contributed by atoms with E-state index in [2.05, 4.69) is 44.9 Å². The van der Waals surface area contributed by atoms with Gasteiger partial charge in [-0.2, -0.15) is 0 Å². The van der Waals surface area contributed by atoms with Gasteiger partial charge in [0.05, 0.1) is 0 Å². The van der Waals surface area contributed by atoms with Crippen molar-refractivity contribution in [1.29, 1.82) is 0 Å². The van der Waals surface area contributed by atoms with Gasteiger partial charge in [0.1, 0.15) is 6.54 Å². The number of hydrogen-bond acceptors (Lipinski definition) is 3. The summed E-state index contributed by atoms with van der Waals surface area (Å²) in [6, 6.07) is 10.2. The molecule has 1 aliphatic heterocycles. The number of likely N-dealkylation sites (tertiary alicyclic amines) is 1. The number of halogens is 1. The second-order valence-electron chi connectivity index (χ2n) is 7.59. The van der Waals surface area contributed by atoms with E-state index in [1.807, 2.05) is 25.1 Å². The smallest absolute Gasteiger partial charge is 0.241 e. The van der Waals surface area contributed by atoms with E-state index < -0.39 is 0 Å². The highest BCUT2D eigenvalue weighted by Gasteiger charge is 2.14. The molecule has 1 saturated heterocycles. The van der Waals surface area contributed by atoms with Crippen LogP contribution in [0.4, 0.5) is 0 Å². The number of carbonyl (C=O) groups excluding carboxylic acids is 1. The van der Waals surface area contributed by atoms with E-state index in [1.54, 1.807) is 0 Å². The Kier molecular flexibility index (Phi) is 13.7. The summed E-state index contributed by atoms with van der Waals surface area (Å²) < 4.78 is 0. The molecule has 1 heterocycles. The number of nitrogens with zero attached hydrogens (tertiary/aromatic N) is 2. The molecule has 0 aromatic heterocycles. The topological polar surface area (TPSA) is 68.8 Å². The van der Waals surface area contributed by atoms with Gasteiger partial charge in [-0.3, -0.25) is 4.79 Å². The Labute approximate surface area is 193 Å². The van der Waals surface area contributed by atoms with Crippen molar-refractivity contribution < 1.29 is 4.79 Å². The first-order valence-corrected chi connectivity index (χ1v) is 10.7. The normalized spacial score (nSPS) is 15.4. The second kappa shape index (κ2) is 15.5. The van der Waals surface area contributed by atoms with Gasteiger partial charge in [0.2, 0.25) is 5.91 Å². The molecule has 2 rings (SSSR count). The van der Waals surface area contributed by atoms with Crippen LogP contribution in [0.25, 0.3) is 0 Å². The molecule has 0 bridgehead atoms. The zero-order valence-electron chi connectivity index (χ0n) is 18.0. The van der Waals surface area contributed by atoms with E-state index in [0.717, 1.165) is 38.4 Å². The third kappa shape index (κ3) is 11.4. The molecule has 1 aromatic carbocycles. The summed E-state index contributed by atoms with van der Waals surface area (Å²) in [5.74, 6) is 1.55. The lowest BCUT2D eigenvalue weighted by molar-refractivity contribution is -0.119. The standard InChI is InChI=1S/C22H37N5O.HI/c1-3-23-22(25-13-7-15-27-16-11-19(2)12-17-27)26-18-21(28)24-14-10-20-8-5-4-6-9-20;/h4-6,8-9,19H,3,7,10-18H2,1-2H3,(H,24,28)(H2,23,25,26);1H. The maximum Gasteiger partial charge on any atom is 0.241 e. The Bertz CT molecular complexity index is 588. The minimum Gasteiger partial charge on any atom is -0.357 e. The van der Waals surface area contributed by atoms with Crippen LogP contribution in [0.5, 0.6) is 0 Å². The summed E-state index contributed by atoms with van der Waals surface area (Å²) in [6.07, 6.45) is 4.56. The molecule has 29 heavy (non-hydrogen) atoms. The molecule has 0 spiro atoms. The van der Waals surface area contributed by atoms with Crippen molar-refractivity contribution in [3.63, 3.8) is 0 Å². The molecule has 0 saturated carbocycles. The van der Waals surface area contributed by atoms with Crippen LogP contribution in [0, 0.1) is 5.92 Å². The fourth-order valence-electron chi connectivity index (χ4n) is 3.33. The highest BCUT2D eigenvalue weighted by Crippen LogP contribution is 2.15. The van der Waals surface area contributed by atoms with Crippen molar-refractivity contribution in [3.05, 3.63) is 35.9 Å².